The quantitative estimate of drug-likeness (QED) is 0.0255. The standard InChI is InChI=1S/C47H76O15/c1-33(19-20-34(2)60-4)17-15-13-11-9-7-5-6-8-10-12-14-16-18-40(62-46-44(55)31-42(53)35(3)61-46)23-21-36(45(56)57)25-27-47(58,59)32-39(51)30-43(54)41(52)24-22-37(49)29-38(50)26-28-48/h5-18,28,33-44,46,49-55,58-59H,19-27,29-32H2,1-4H3,(H,56,57)/b6-5+,9-7+,10-8+,13-11+,14-12+,17-15+,18-16+/t33-,34-,35+,36?,37?,38?,39?,40?,41?,42?,43?,44-,46?/m0/s1. The molecule has 0 bridgehead atoms. The number of aliphatic hydroxyl groups is 9. The zero-order valence-corrected chi connectivity index (χ0v) is 36.9. The minimum atomic E-state index is -2.50. The summed E-state index contributed by atoms with van der Waals surface area (Å²) in [5.74, 6) is -4.28. The molecule has 62 heavy (non-hydrogen) atoms. The Morgan fingerprint density at radius 3 is 1.85 bits per heavy atom. The van der Waals surface area contributed by atoms with Crippen LogP contribution in [0.1, 0.15) is 104 Å². The SMILES string of the molecule is CO[C@@H](C)CC[C@@H](C)/C=C/C=C/C=C/C=C/C=C/C=C/C=C/C(CCC(CCC(O)(O)CC(O)CC(O)C(O)CCC(O)CC(O)CC=O)C(=O)O)OC1O[C@H](C)C(O)C[C@@H]1O. The molecule has 1 fully saturated rings. The summed E-state index contributed by atoms with van der Waals surface area (Å²) >= 11 is 0. The van der Waals surface area contributed by atoms with Crippen molar-refractivity contribution in [3.05, 3.63) is 85.1 Å². The van der Waals surface area contributed by atoms with E-state index >= 15 is 0 Å². The van der Waals surface area contributed by atoms with E-state index in [0.717, 1.165) is 12.8 Å². The monoisotopic (exact) mass is 881 g/mol. The van der Waals surface area contributed by atoms with Crippen LogP contribution in [0.5, 0.6) is 0 Å². The molecule has 15 nitrogen and oxygen atoms in total. The molecule has 0 aromatic carbocycles. The Kier molecular flexibility index (Phi) is 29.8. The molecule has 0 amide bonds. The fourth-order valence-corrected chi connectivity index (χ4v) is 6.60. The fraction of sp³-hybridized carbons (Fsp3) is 0.660. The van der Waals surface area contributed by atoms with Gasteiger partial charge < -0.3 is 70.1 Å². The van der Waals surface area contributed by atoms with E-state index in [2.05, 4.69) is 19.9 Å². The summed E-state index contributed by atoms with van der Waals surface area (Å²) in [5, 5.41) is 103. The molecule has 0 saturated carbocycles. The lowest BCUT2D eigenvalue weighted by Gasteiger charge is -2.36. The number of methoxy groups -OCH3 is 1. The van der Waals surface area contributed by atoms with Crippen molar-refractivity contribution in [2.45, 2.75) is 177 Å². The summed E-state index contributed by atoms with van der Waals surface area (Å²) < 4.78 is 17.0. The van der Waals surface area contributed by atoms with Gasteiger partial charge in [-0.05, 0) is 71.1 Å². The zero-order chi connectivity index (χ0) is 46.5. The molecule has 1 aliphatic rings. The maximum absolute atomic E-state index is 12.2. The number of aliphatic carboxylic acids is 1. The number of aliphatic hydroxyl groups excluding tert-OH is 7. The van der Waals surface area contributed by atoms with E-state index in [4.69, 9.17) is 14.2 Å². The molecule has 0 aromatic rings. The highest BCUT2D eigenvalue weighted by atomic mass is 16.7. The molecule has 1 heterocycles. The van der Waals surface area contributed by atoms with Crippen molar-refractivity contribution in [1.29, 1.82) is 0 Å². The van der Waals surface area contributed by atoms with Gasteiger partial charge in [0.1, 0.15) is 12.4 Å². The number of carboxylic acid groups (broad SMARTS) is 1. The van der Waals surface area contributed by atoms with Gasteiger partial charge in [0.05, 0.1) is 60.9 Å². The van der Waals surface area contributed by atoms with Crippen molar-refractivity contribution >= 4 is 12.3 Å². The third kappa shape index (κ3) is 27.1. The molecule has 0 aliphatic carbocycles. The highest BCUT2D eigenvalue weighted by molar-refractivity contribution is 5.69. The minimum absolute atomic E-state index is 0.00114. The third-order valence-corrected chi connectivity index (χ3v) is 10.7. The number of hydrogen-bond donors (Lipinski definition) is 10. The molecular weight excluding hydrogens is 805 g/mol. The maximum Gasteiger partial charge on any atom is 0.306 e. The molecule has 1 aliphatic heterocycles. The van der Waals surface area contributed by atoms with Crippen LogP contribution in [0.15, 0.2) is 85.1 Å². The van der Waals surface area contributed by atoms with Crippen molar-refractivity contribution < 1.29 is 74.9 Å². The lowest BCUT2D eigenvalue weighted by Crippen LogP contribution is -2.48. The highest BCUT2D eigenvalue weighted by Crippen LogP contribution is 2.28. The van der Waals surface area contributed by atoms with Gasteiger partial charge in [-0.3, -0.25) is 4.79 Å². The van der Waals surface area contributed by atoms with Crippen molar-refractivity contribution in [2.24, 2.45) is 11.8 Å². The van der Waals surface area contributed by atoms with Gasteiger partial charge in [0, 0.05) is 39.2 Å². The Morgan fingerprint density at radius 2 is 1.29 bits per heavy atom. The van der Waals surface area contributed by atoms with Crippen molar-refractivity contribution in [1.82, 2.24) is 0 Å². The van der Waals surface area contributed by atoms with E-state index in [1.54, 1.807) is 38.3 Å². The normalized spacial score (nSPS) is 23.8. The Labute approximate surface area is 367 Å². The summed E-state index contributed by atoms with van der Waals surface area (Å²) in [6.07, 6.45) is 16.6. The topological polar surface area (TPSA) is 264 Å². The fourth-order valence-electron chi connectivity index (χ4n) is 6.60. The van der Waals surface area contributed by atoms with Gasteiger partial charge in [0.2, 0.25) is 0 Å². The smallest absolute Gasteiger partial charge is 0.306 e. The average Bonchev–Trinajstić information content (AvgIpc) is 3.20. The molecular formula is C47H76O15. The highest BCUT2D eigenvalue weighted by Gasteiger charge is 2.36. The number of rotatable bonds is 33. The molecule has 1 saturated heterocycles. The first kappa shape index (κ1) is 56.9. The number of allylic oxidation sites excluding steroid dienone is 13. The molecule has 0 radical (unpaired) electrons. The first-order valence-electron chi connectivity index (χ1n) is 21.8. The molecule has 10 N–H and O–H groups in total. The van der Waals surface area contributed by atoms with E-state index in [9.17, 15) is 60.7 Å². The third-order valence-electron chi connectivity index (χ3n) is 10.7. The Bertz CT molecular complexity index is 1420. The summed E-state index contributed by atoms with van der Waals surface area (Å²) in [6.45, 7) is 5.90. The number of carbonyl (C=O) groups is 2. The molecule has 0 aromatic heterocycles. The van der Waals surface area contributed by atoms with E-state index in [0.29, 0.717) is 12.2 Å². The maximum atomic E-state index is 12.2. The number of ether oxygens (including phenoxy) is 3. The molecule has 0 spiro atoms. The van der Waals surface area contributed by atoms with Gasteiger partial charge in [0.15, 0.2) is 12.1 Å². The van der Waals surface area contributed by atoms with E-state index in [1.165, 1.54) is 0 Å². The summed E-state index contributed by atoms with van der Waals surface area (Å²) in [5.41, 5.74) is 0. The lowest BCUT2D eigenvalue weighted by atomic mass is 9.90. The first-order chi connectivity index (χ1) is 29.4. The van der Waals surface area contributed by atoms with Gasteiger partial charge >= 0.3 is 5.97 Å². The molecule has 15 heteroatoms. The van der Waals surface area contributed by atoms with Gasteiger partial charge in [-0.2, -0.15) is 0 Å². The van der Waals surface area contributed by atoms with Crippen molar-refractivity contribution in [3.8, 4) is 0 Å². The van der Waals surface area contributed by atoms with Gasteiger partial charge in [-0.25, -0.2) is 0 Å². The van der Waals surface area contributed by atoms with Crippen LogP contribution < -0.4 is 0 Å². The van der Waals surface area contributed by atoms with Crippen LogP contribution in [-0.4, -0.2) is 144 Å². The molecule has 354 valence electrons. The van der Waals surface area contributed by atoms with Crippen molar-refractivity contribution in [2.75, 3.05) is 7.11 Å². The second-order valence-corrected chi connectivity index (χ2v) is 16.4. The second kappa shape index (κ2) is 32.5. The number of carboxylic acids is 1. The number of hydrogen-bond acceptors (Lipinski definition) is 14. The number of aldehydes is 1. The summed E-state index contributed by atoms with van der Waals surface area (Å²) in [7, 11) is 1.73. The van der Waals surface area contributed by atoms with Crippen molar-refractivity contribution in [3.63, 3.8) is 0 Å². The van der Waals surface area contributed by atoms with Crippen LogP contribution >= 0.6 is 0 Å². The molecule has 1 rings (SSSR count). The van der Waals surface area contributed by atoms with Gasteiger partial charge in [-0.1, -0.05) is 92.0 Å². The summed E-state index contributed by atoms with van der Waals surface area (Å²) in [4.78, 5) is 22.7. The largest absolute Gasteiger partial charge is 0.481 e. The summed E-state index contributed by atoms with van der Waals surface area (Å²) in [6, 6.07) is 0. The predicted octanol–water partition coefficient (Wildman–Crippen LogP) is 3.86. The Balaban J connectivity index is 2.76. The Hall–Kier alpha value is -3.16. The van der Waals surface area contributed by atoms with Crippen LogP contribution in [0, 0.1) is 11.8 Å². The van der Waals surface area contributed by atoms with Crippen LogP contribution in [-0.2, 0) is 23.8 Å². The number of carbonyl (C=O) groups excluding carboxylic acids is 1. The zero-order valence-electron chi connectivity index (χ0n) is 36.9. The molecule has 13 atom stereocenters. The second-order valence-electron chi connectivity index (χ2n) is 16.4. The average molecular weight is 881 g/mol. The predicted molar refractivity (Wildman–Crippen MR) is 235 cm³/mol. The van der Waals surface area contributed by atoms with Crippen LogP contribution in [0.3, 0.4) is 0 Å². The van der Waals surface area contributed by atoms with Crippen LogP contribution in [0.4, 0.5) is 0 Å². The Morgan fingerprint density at radius 1 is 0.710 bits per heavy atom. The van der Waals surface area contributed by atoms with Crippen LogP contribution in [0.25, 0.3) is 0 Å². The first-order valence-corrected chi connectivity index (χ1v) is 21.8. The van der Waals surface area contributed by atoms with Gasteiger partial charge in [0.25, 0.3) is 0 Å². The lowest BCUT2D eigenvalue weighted by molar-refractivity contribution is -0.270. The van der Waals surface area contributed by atoms with E-state index < -0.39 is 98.2 Å². The molecule has 9 unspecified atom stereocenters. The minimum Gasteiger partial charge on any atom is -0.481 e. The van der Waals surface area contributed by atoms with Crippen LogP contribution in [0.2, 0.25) is 0 Å². The van der Waals surface area contributed by atoms with Gasteiger partial charge in [-0.15, -0.1) is 0 Å². The van der Waals surface area contributed by atoms with E-state index in [-0.39, 0.29) is 57.5 Å². The van der Waals surface area contributed by atoms with E-state index in [1.807, 2.05) is 54.7 Å².